The van der Waals surface area contributed by atoms with E-state index < -0.39 is 5.41 Å². The molecule has 0 atom stereocenters. The number of oxime groups is 1. The Morgan fingerprint density at radius 1 is 1.15 bits per heavy atom. The molecule has 1 aliphatic carbocycles. The molecule has 2 aromatic heterocycles. The maximum atomic E-state index is 6.21. The van der Waals surface area contributed by atoms with Gasteiger partial charge in [0.2, 0.25) is 0 Å². The summed E-state index contributed by atoms with van der Waals surface area (Å²) in [6.07, 6.45) is 1.50. The van der Waals surface area contributed by atoms with Gasteiger partial charge in [-0.3, -0.25) is 0 Å². The van der Waals surface area contributed by atoms with Crippen molar-refractivity contribution in [2.75, 3.05) is 5.73 Å². The number of aryl methyl sites for hydroxylation is 2. The lowest BCUT2D eigenvalue weighted by Gasteiger charge is -2.34. The summed E-state index contributed by atoms with van der Waals surface area (Å²) in [6, 6.07) is 7.99. The summed E-state index contributed by atoms with van der Waals surface area (Å²) in [4.78, 5) is 14.4. The molecule has 0 unspecified atom stereocenters. The van der Waals surface area contributed by atoms with Crippen molar-refractivity contribution >= 4 is 11.5 Å². The molecule has 138 valence electrons. The van der Waals surface area contributed by atoms with Crippen molar-refractivity contribution in [3.8, 4) is 11.3 Å². The van der Waals surface area contributed by atoms with Crippen LogP contribution in [0.15, 0.2) is 40.3 Å². The van der Waals surface area contributed by atoms with E-state index in [1.54, 1.807) is 0 Å². The van der Waals surface area contributed by atoms with Crippen LogP contribution in [-0.4, -0.2) is 20.8 Å². The highest BCUT2D eigenvalue weighted by atomic mass is 16.6. The Bertz CT molecular complexity index is 1030. The molecule has 0 fully saturated rings. The van der Waals surface area contributed by atoms with Crippen LogP contribution in [0.25, 0.3) is 11.3 Å². The quantitative estimate of drug-likeness (QED) is 0.715. The van der Waals surface area contributed by atoms with Gasteiger partial charge in [0, 0.05) is 22.1 Å². The predicted molar refractivity (Wildman–Crippen MR) is 102 cm³/mol. The van der Waals surface area contributed by atoms with Crippen molar-refractivity contribution in [3.63, 3.8) is 0 Å². The summed E-state index contributed by atoms with van der Waals surface area (Å²) in [5.74, 6) is 1.19. The Balaban J connectivity index is 1.80. The highest BCUT2D eigenvalue weighted by Crippen LogP contribution is 2.44. The van der Waals surface area contributed by atoms with Gasteiger partial charge < -0.3 is 15.1 Å². The van der Waals surface area contributed by atoms with Crippen LogP contribution in [0.5, 0.6) is 0 Å². The van der Waals surface area contributed by atoms with Gasteiger partial charge in [-0.2, -0.15) is 0 Å². The van der Waals surface area contributed by atoms with Crippen molar-refractivity contribution in [2.45, 2.75) is 39.7 Å². The van der Waals surface area contributed by atoms with Gasteiger partial charge in [0.05, 0.1) is 22.7 Å². The first-order valence-electron chi connectivity index (χ1n) is 8.74. The molecule has 1 aromatic carbocycles. The zero-order chi connectivity index (χ0) is 19.2. The smallest absolute Gasteiger partial charge is 0.147 e. The number of anilines is 1. The third-order valence-corrected chi connectivity index (χ3v) is 5.08. The number of nitrogens with zero attached hydrogens (tertiary/aromatic N) is 4. The molecule has 2 heterocycles. The topological polar surface area (TPSA) is 99.4 Å². The zero-order valence-electron chi connectivity index (χ0n) is 15.8. The van der Waals surface area contributed by atoms with E-state index in [1.165, 1.54) is 6.33 Å². The molecule has 4 rings (SSSR count). The highest BCUT2D eigenvalue weighted by Gasteiger charge is 2.40. The molecule has 0 aliphatic heterocycles. The Labute approximate surface area is 157 Å². The van der Waals surface area contributed by atoms with Gasteiger partial charge in [0.25, 0.3) is 0 Å². The summed E-state index contributed by atoms with van der Waals surface area (Å²) in [7, 11) is 0. The van der Waals surface area contributed by atoms with E-state index in [1.807, 2.05) is 38.1 Å². The van der Waals surface area contributed by atoms with Crippen LogP contribution >= 0.6 is 0 Å². The summed E-state index contributed by atoms with van der Waals surface area (Å²) in [5, 5.41) is 8.46. The van der Waals surface area contributed by atoms with Crippen LogP contribution in [-0.2, 0) is 16.9 Å². The summed E-state index contributed by atoms with van der Waals surface area (Å²) >= 11 is 0. The zero-order valence-corrected chi connectivity index (χ0v) is 15.8. The molecule has 7 nitrogen and oxygen atoms in total. The minimum Gasteiger partial charge on any atom is -0.390 e. The second-order valence-electron chi connectivity index (χ2n) is 7.17. The molecule has 2 N–H and O–H groups in total. The first-order chi connectivity index (χ1) is 12.9. The van der Waals surface area contributed by atoms with Crippen LogP contribution in [0.4, 0.5) is 5.82 Å². The molecule has 7 heteroatoms. The summed E-state index contributed by atoms with van der Waals surface area (Å²) in [5.41, 5.74) is 11.9. The number of aromatic nitrogens is 3. The predicted octanol–water partition coefficient (Wildman–Crippen LogP) is 3.54. The van der Waals surface area contributed by atoms with Crippen LogP contribution in [0.3, 0.4) is 0 Å². The van der Waals surface area contributed by atoms with Crippen molar-refractivity contribution in [1.82, 2.24) is 15.1 Å². The minimum absolute atomic E-state index is 0.288. The third kappa shape index (κ3) is 2.66. The van der Waals surface area contributed by atoms with Gasteiger partial charge in [-0.15, -0.1) is 0 Å². The first-order valence-corrected chi connectivity index (χ1v) is 8.74. The van der Waals surface area contributed by atoms with Gasteiger partial charge in [0.15, 0.2) is 0 Å². The van der Waals surface area contributed by atoms with Crippen molar-refractivity contribution in [3.05, 3.63) is 58.7 Å². The third-order valence-electron chi connectivity index (χ3n) is 5.08. The maximum absolute atomic E-state index is 6.21. The van der Waals surface area contributed by atoms with Crippen LogP contribution < -0.4 is 5.73 Å². The first kappa shape index (κ1) is 17.2. The molecular weight excluding hydrogens is 342 g/mol. The SMILES string of the molecule is Cc1noc(C)c1CON=C1c2ccccc2-c2ncnc(N)c2C1(C)C. The average molecular weight is 363 g/mol. The van der Waals surface area contributed by atoms with Crippen LogP contribution in [0.1, 0.15) is 42.0 Å². The van der Waals surface area contributed by atoms with Crippen molar-refractivity contribution in [1.29, 1.82) is 0 Å². The molecule has 0 radical (unpaired) electrons. The molecule has 0 saturated carbocycles. The van der Waals surface area contributed by atoms with Crippen LogP contribution in [0.2, 0.25) is 0 Å². The number of hydrogen-bond donors (Lipinski definition) is 1. The van der Waals surface area contributed by atoms with E-state index in [0.717, 1.165) is 45.1 Å². The molecule has 1 aliphatic rings. The molecule has 0 amide bonds. The molecule has 0 spiro atoms. The van der Waals surface area contributed by atoms with E-state index in [4.69, 9.17) is 15.1 Å². The average Bonchev–Trinajstić information content (AvgIpc) is 2.96. The lowest BCUT2D eigenvalue weighted by Crippen LogP contribution is -2.36. The second-order valence-corrected chi connectivity index (χ2v) is 7.17. The number of hydrogen-bond acceptors (Lipinski definition) is 7. The maximum Gasteiger partial charge on any atom is 0.147 e. The van der Waals surface area contributed by atoms with E-state index in [9.17, 15) is 0 Å². The lowest BCUT2D eigenvalue weighted by atomic mass is 9.70. The second kappa shape index (κ2) is 6.19. The highest BCUT2D eigenvalue weighted by molar-refractivity contribution is 6.15. The normalized spacial score (nSPS) is 16.1. The van der Waals surface area contributed by atoms with Crippen molar-refractivity contribution in [2.24, 2.45) is 5.16 Å². The molecular formula is C20H21N5O2. The van der Waals surface area contributed by atoms with Crippen LogP contribution in [0, 0.1) is 13.8 Å². The molecule has 0 saturated heterocycles. The monoisotopic (exact) mass is 363 g/mol. The van der Waals surface area contributed by atoms with E-state index in [0.29, 0.717) is 5.82 Å². The van der Waals surface area contributed by atoms with Crippen molar-refractivity contribution < 1.29 is 9.36 Å². The number of nitrogens with two attached hydrogens (primary N) is 1. The number of nitrogen functional groups attached to an aromatic ring is 1. The number of rotatable bonds is 3. The Morgan fingerprint density at radius 2 is 1.89 bits per heavy atom. The van der Waals surface area contributed by atoms with Gasteiger partial charge in [-0.25, -0.2) is 9.97 Å². The van der Waals surface area contributed by atoms with Gasteiger partial charge >= 0.3 is 0 Å². The fraction of sp³-hybridized carbons (Fsp3) is 0.300. The van der Waals surface area contributed by atoms with Gasteiger partial charge in [0.1, 0.15) is 24.5 Å². The van der Waals surface area contributed by atoms with Gasteiger partial charge in [-0.1, -0.05) is 34.6 Å². The number of benzene rings is 1. The summed E-state index contributed by atoms with van der Waals surface area (Å²) in [6.45, 7) is 8.15. The lowest BCUT2D eigenvalue weighted by molar-refractivity contribution is 0.127. The van der Waals surface area contributed by atoms with Gasteiger partial charge in [-0.05, 0) is 27.7 Å². The Morgan fingerprint density at radius 3 is 2.59 bits per heavy atom. The number of fused-ring (bicyclic) bond motifs is 3. The van der Waals surface area contributed by atoms with E-state index >= 15 is 0 Å². The standard InChI is InChI=1S/C20H21N5O2/c1-11-15(12(2)27-24-11)9-26-25-18-14-8-6-5-7-13(14)17-16(20(18,3)4)19(21)23-10-22-17/h5-8,10H,9H2,1-4H3,(H2,21,22,23). The molecule has 3 aromatic rings. The summed E-state index contributed by atoms with van der Waals surface area (Å²) < 4.78 is 5.19. The molecule has 0 bridgehead atoms. The fourth-order valence-electron chi connectivity index (χ4n) is 3.60. The molecule has 27 heavy (non-hydrogen) atoms. The minimum atomic E-state index is -0.506. The largest absolute Gasteiger partial charge is 0.390 e. The Hall–Kier alpha value is -3.22. The fourth-order valence-corrected chi connectivity index (χ4v) is 3.60. The van der Waals surface area contributed by atoms with E-state index in [-0.39, 0.29) is 6.61 Å². The Kier molecular flexibility index (Phi) is 3.95. The van der Waals surface area contributed by atoms with E-state index in [2.05, 4.69) is 34.1 Å².